The minimum absolute atomic E-state index is 0. The molecule has 1 atom stereocenters. The summed E-state index contributed by atoms with van der Waals surface area (Å²) < 4.78 is 44.3. The van der Waals surface area contributed by atoms with Crippen LogP contribution in [0.1, 0.15) is 17.5 Å². The van der Waals surface area contributed by atoms with E-state index in [1.807, 2.05) is 0 Å². The highest BCUT2D eigenvalue weighted by molar-refractivity contribution is 6.32. The Morgan fingerprint density at radius 3 is 2.59 bits per heavy atom. The van der Waals surface area contributed by atoms with Crippen LogP contribution < -0.4 is 5.32 Å². The lowest BCUT2D eigenvalue weighted by molar-refractivity contribution is -0.137. The van der Waals surface area contributed by atoms with Crippen LogP contribution in [0, 0.1) is 0 Å². The van der Waals surface area contributed by atoms with E-state index in [1.165, 1.54) is 17.0 Å². The predicted octanol–water partition coefficient (Wildman–Crippen LogP) is 2.86. The van der Waals surface area contributed by atoms with Gasteiger partial charge in [-0.3, -0.25) is 9.69 Å². The summed E-state index contributed by atoms with van der Waals surface area (Å²) in [4.78, 5) is 30.4. The minimum Gasteiger partial charge on any atom is -0.379 e. The van der Waals surface area contributed by atoms with Crippen LogP contribution in [0.25, 0.3) is 0 Å². The molecule has 32 heavy (non-hydrogen) atoms. The van der Waals surface area contributed by atoms with E-state index >= 15 is 0 Å². The van der Waals surface area contributed by atoms with Gasteiger partial charge in [0.2, 0.25) is 5.91 Å². The normalized spacial score (nSPS) is 19.8. The van der Waals surface area contributed by atoms with E-state index < -0.39 is 28.7 Å². The quantitative estimate of drug-likeness (QED) is 0.627. The number of hydrogen-bond donors (Lipinski definition) is 1. The molecule has 2 aliphatic heterocycles. The van der Waals surface area contributed by atoms with Crippen molar-refractivity contribution in [2.24, 2.45) is 0 Å². The van der Waals surface area contributed by atoms with E-state index in [0.717, 1.165) is 32.1 Å². The van der Waals surface area contributed by atoms with Gasteiger partial charge in [0.05, 0.1) is 30.3 Å². The molecule has 2 heterocycles. The van der Waals surface area contributed by atoms with Crippen molar-refractivity contribution in [2.45, 2.75) is 25.2 Å². The van der Waals surface area contributed by atoms with Gasteiger partial charge in [-0.15, -0.1) is 12.4 Å². The first kappa shape index (κ1) is 26.5. The van der Waals surface area contributed by atoms with Crippen molar-refractivity contribution in [3.8, 4) is 0 Å². The maximum Gasteiger partial charge on any atom is 0.417 e. The van der Waals surface area contributed by atoms with Gasteiger partial charge in [0.1, 0.15) is 6.04 Å². The molecule has 180 valence electrons. The summed E-state index contributed by atoms with van der Waals surface area (Å²) in [5.41, 5.74) is -0.778. The van der Waals surface area contributed by atoms with Crippen LogP contribution in [0.3, 0.4) is 0 Å². The second kappa shape index (κ2) is 11.4. The smallest absolute Gasteiger partial charge is 0.379 e. The summed E-state index contributed by atoms with van der Waals surface area (Å²) in [6.45, 7) is 4.63. The Morgan fingerprint density at radius 1 is 1.25 bits per heavy atom. The summed E-state index contributed by atoms with van der Waals surface area (Å²) in [6.07, 6.45) is -3.79. The second-order valence-corrected chi connectivity index (χ2v) is 8.04. The summed E-state index contributed by atoms with van der Waals surface area (Å²) >= 11 is 5.88. The number of nitrogens with zero attached hydrogens (tertiary/aromatic N) is 3. The monoisotopic (exact) mass is 498 g/mol. The van der Waals surface area contributed by atoms with E-state index in [-0.39, 0.29) is 37.1 Å². The second-order valence-electron chi connectivity index (χ2n) is 7.66. The number of carbonyl (C=O) groups is 2. The Hall–Kier alpha value is -1.75. The van der Waals surface area contributed by atoms with Gasteiger partial charge in [0, 0.05) is 39.8 Å². The number of benzene rings is 1. The molecule has 1 unspecified atom stereocenters. The largest absolute Gasteiger partial charge is 0.417 e. The molecule has 2 aliphatic rings. The zero-order chi connectivity index (χ0) is 22.6. The number of nitrogens with one attached hydrogen (secondary N) is 1. The van der Waals surface area contributed by atoms with E-state index in [9.17, 15) is 22.8 Å². The first-order valence-electron chi connectivity index (χ1n) is 10.1. The standard InChI is InChI=1S/C20H26ClF3N4O3.ClH/c1-26-16(13-28(19(26)30)7-3-6-27-8-10-31-11-9-27)18(29)25-12-14-4-2-5-15(17(14)21)20(22,23)24;/h2,4-5,16H,3,6-13H2,1H3,(H,25,29);1H. The first-order valence-corrected chi connectivity index (χ1v) is 10.5. The topological polar surface area (TPSA) is 65.1 Å². The van der Waals surface area contributed by atoms with Crippen molar-refractivity contribution in [3.63, 3.8) is 0 Å². The van der Waals surface area contributed by atoms with Crippen molar-refractivity contribution in [1.82, 2.24) is 20.0 Å². The molecule has 0 aliphatic carbocycles. The van der Waals surface area contributed by atoms with Gasteiger partial charge in [-0.05, 0) is 18.1 Å². The zero-order valence-corrected chi connectivity index (χ0v) is 19.2. The zero-order valence-electron chi connectivity index (χ0n) is 17.7. The van der Waals surface area contributed by atoms with Gasteiger partial charge in [-0.2, -0.15) is 13.2 Å². The highest BCUT2D eigenvalue weighted by Gasteiger charge is 2.39. The Labute approximate surface area is 196 Å². The molecule has 7 nitrogen and oxygen atoms in total. The average Bonchev–Trinajstić information content (AvgIpc) is 3.01. The number of carbonyl (C=O) groups excluding carboxylic acids is 2. The van der Waals surface area contributed by atoms with Crippen LogP contribution in [-0.4, -0.2) is 85.7 Å². The molecule has 0 bridgehead atoms. The van der Waals surface area contributed by atoms with Gasteiger partial charge >= 0.3 is 12.2 Å². The molecule has 0 saturated carbocycles. The summed E-state index contributed by atoms with van der Waals surface area (Å²) in [7, 11) is 1.55. The summed E-state index contributed by atoms with van der Waals surface area (Å²) in [5.74, 6) is -0.431. The van der Waals surface area contributed by atoms with Gasteiger partial charge < -0.3 is 19.9 Å². The molecule has 2 saturated heterocycles. The summed E-state index contributed by atoms with van der Waals surface area (Å²) in [6, 6.07) is 2.63. The molecule has 1 aromatic carbocycles. The van der Waals surface area contributed by atoms with Crippen molar-refractivity contribution in [1.29, 1.82) is 0 Å². The first-order chi connectivity index (χ1) is 14.7. The van der Waals surface area contributed by atoms with E-state index in [2.05, 4.69) is 10.2 Å². The number of ether oxygens (including phenoxy) is 1. The van der Waals surface area contributed by atoms with Crippen LogP contribution >= 0.6 is 24.0 Å². The molecule has 2 fully saturated rings. The van der Waals surface area contributed by atoms with Gasteiger partial charge in [0.25, 0.3) is 0 Å². The molecular formula is C20H27Cl2F3N4O3. The number of amides is 3. The molecule has 1 N–H and O–H groups in total. The minimum atomic E-state index is -4.57. The lowest BCUT2D eigenvalue weighted by atomic mass is 10.1. The van der Waals surface area contributed by atoms with Gasteiger partial charge in [-0.25, -0.2) is 4.79 Å². The van der Waals surface area contributed by atoms with Crippen molar-refractivity contribution >= 4 is 35.9 Å². The van der Waals surface area contributed by atoms with Crippen molar-refractivity contribution in [3.05, 3.63) is 34.3 Å². The van der Waals surface area contributed by atoms with E-state index in [1.54, 1.807) is 11.9 Å². The third-order valence-electron chi connectivity index (χ3n) is 5.58. The van der Waals surface area contributed by atoms with Crippen LogP contribution in [0.15, 0.2) is 18.2 Å². The van der Waals surface area contributed by atoms with E-state index in [4.69, 9.17) is 16.3 Å². The third kappa shape index (κ3) is 6.40. The SMILES string of the molecule is CN1C(=O)N(CCCN2CCOCC2)CC1C(=O)NCc1cccc(C(F)(F)F)c1Cl.Cl. The van der Waals surface area contributed by atoms with Crippen LogP contribution in [-0.2, 0) is 22.3 Å². The molecule has 12 heteroatoms. The lowest BCUT2D eigenvalue weighted by Crippen LogP contribution is -2.43. The number of hydrogen-bond acceptors (Lipinski definition) is 4. The Kier molecular flexibility index (Phi) is 9.44. The molecule has 3 amide bonds. The van der Waals surface area contributed by atoms with Crippen molar-refractivity contribution < 1.29 is 27.5 Å². The molecule has 0 spiro atoms. The Balaban J connectivity index is 0.00000363. The maximum absolute atomic E-state index is 13.0. The van der Waals surface area contributed by atoms with Crippen molar-refractivity contribution in [2.75, 3.05) is 53.0 Å². The van der Waals surface area contributed by atoms with Gasteiger partial charge in [-0.1, -0.05) is 23.7 Å². The van der Waals surface area contributed by atoms with Crippen LogP contribution in [0.2, 0.25) is 5.02 Å². The van der Waals surface area contributed by atoms with Crippen LogP contribution in [0.5, 0.6) is 0 Å². The third-order valence-corrected chi connectivity index (χ3v) is 6.03. The van der Waals surface area contributed by atoms with Gasteiger partial charge in [0.15, 0.2) is 0 Å². The maximum atomic E-state index is 13.0. The fraction of sp³-hybridized carbons (Fsp3) is 0.600. The number of rotatable bonds is 7. The molecule has 0 aromatic heterocycles. The molecule has 3 rings (SSSR count). The highest BCUT2D eigenvalue weighted by atomic mass is 35.5. The summed E-state index contributed by atoms with van der Waals surface area (Å²) in [5, 5.41) is 2.17. The average molecular weight is 499 g/mol. The number of alkyl halides is 3. The van der Waals surface area contributed by atoms with E-state index in [0.29, 0.717) is 19.8 Å². The molecule has 1 aromatic rings. The lowest BCUT2D eigenvalue weighted by Gasteiger charge is -2.27. The number of urea groups is 1. The molecule has 0 radical (unpaired) electrons. The fourth-order valence-electron chi connectivity index (χ4n) is 3.76. The predicted molar refractivity (Wildman–Crippen MR) is 116 cm³/mol. The number of likely N-dealkylation sites (N-methyl/N-ethyl adjacent to an activating group) is 1. The number of morpholine rings is 1. The van der Waals surface area contributed by atoms with Crippen LogP contribution in [0.4, 0.5) is 18.0 Å². The number of halogens is 5. The highest BCUT2D eigenvalue weighted by Crippen LogP contribution is 2.36. The Morgan fingerprint density at radius 2 is 1.94 bits per heavy atom. The Bertz CT molecular complexity index is 807. The fourth-order valence-corrected chi connectivity index (χ4v) is 4.06. The molecular weight excluding hydrogens is 472 g/mol.